The molecule has 0 amide bonds. The zero-order chi connectivity index (χ0) is 19.1. The lowest BCUT2D eigenvalue weighted by Crippen LogP contribution is -2.39. The molecule has 0 bridgehead atoms. The van der Waals surface area contributed by atoms with Crippen LogP contribution in [-0.2, 0) is 14.3 Å². The molecular weight excluding hydrogens is 344 g/mol. The third-order valence-corrected chi connectivity index (χ3v) is 5.59. The number of aromatic hydroxyl groups is 1. The van der Waals surface area contributed by atoms with Gasteiger partial charge in [-0.25, -0.2) is 0 Å². The molecule has 0 radical (unpaired) electrons. The topological polar surface area (TPSA) is 76.0 Å². The number of carboxylic acid groups (broad SMARTS) is 1. The fourth-order valence-corrected chi connectivity index (χ4v) is 4.10. The largest absolute Gasteiger partial charge is 0.508 e. The van der Waals surface area contributed by atoms with Crippen molar-refractivity contribution < 1.29 is 24.5 Å². The van der Waals surface area contributed by atoms with Crippen molar-refractivity contribution in [1.82, 2.24) is 0 Å². The SMILES string of the molecule is O=C(O)CC/C=C\CC1COC(C2CCCCC2)OC1c1ccccc1O. The summed E-state index contributed by atoms with van der Waals surface area (Å²) in [6.07, 6.45) is 10.9. The second-order valence-corrected chi connectivity index (χ2v) is 7.61. The summed E-state index contributed by atoms with van der Waals surface area (Å²) in [5, 5.41) is 19.1. The number of allylic oxidation sites excluding steroid dienone is 2. The van der Waals surface area contributed by atoms with Gasteiger partial charge in [-0.05, 0) is 31.7 Å². The van der Waals surface area contributed by atoms with Crippen LogP contribution in [0.3, 0.4) is 0 Å². The Labute approximate surface area is 161 Å². The van der Waals surface area contributed by atoms with Crippen LogP contribution in [0.15, 0.2) is 36.4 Å². The van der Waals surface area contributed by atoms with E-state index in [0.29, 0.717) is 18.9 Å². The van der Waals surface area contributed by atoms with Gasteiger partial charge in [-0.2, -0.15) is 0 Å². The Bertz CT molecular complexity index is 635. The van der Waals surface area contributed by atoms with Crippen molar-refractivity contribution in [2.45, 2.75) is 63.8 Å². The summed E-state index contributed by atoms with van der Waals surface area (Å²) in [7, 11) is 0. The van der Waals surface area contributed by atoms with Crippen molar-refractivity contribution in [3.63, 3.8) is 0 Å². The Kier molecular flexibility index (Phi) is 7.30. The number of phenolic OH excluding ortho intramolecular Hbond substituents is 1. The zero-order valence-electron chi connectivity index (χ0n) is 15.8. The molecule has 2 aliphatic rings. The maximum atomic E-state index is 10.6. The summed E-state index contributed by atoms with van der Waals surface area (Å²) in [5.41, 5.74) is 0.811. The molecule has 27 heavy (non-hydrogen) atoms. The Morgan fingerprint density at radius 2 is 1.93 bits per heavy atom. The minimum atomic E-state index is -0.786. The molecule has 148 valence electrons. The first kappa shape index (κ1) is 19.9. The van der Waals surface area contributed by atoms with Gasteiger partial charge in [0.05, 0.1) is 12.7 Å². The van der Waals surface area contributed by atoms with E-state index in [1.165, 1.54) is 19.3 Å². The molecule has 1 aliphatic carbocycles. The molecule has 1 heterocycles. The van der Waals surface area contributed by atoms with E-state index in [2.05, 4.69) is 0 Å². The minimum absolute atomic E-state index is 0.0965. The summed E-state index contributed by atoms with van der Waals surface area (Å²) in [6, 6.07) is 7.36. The average molecular weight is 374 g/mol. The van der Waals surface area contributed by atoms with Crippen LogP contribution in [0.4, 0.5) is 0 Å². The molecule has 1 aromatic rings. The zero-order valence-corrected chi connectivity index (χ0v) is 15.8. The number of ether oxygens (including phenoxy) is 2. The normalized spacial score (nSPS) is 27.0. The summed E-state index contributed by atoms with van der Waals surface area (Å²) >= 11 is 0. The molecule has 3 rings (SSSR count). The number of hydrogen-bond donors (Lipinski definition) is 2. The van der Waals surface area contributed by atoms with Crippen molar-refractivity contribution in [1.29, 1.82) is 0 Å². The Hall–Kier alpha value is -1.85. The first-order chi connectivity index (χ1) is 13.1. The number of rotatable bonds is 7. The van der Waals surface area contributed by atoms with Gasteiger partial charge in [-0.3, -0.25) is 4.79 Å². The van der Waals surface area contributed by atoms with E-state index in [9.17, 15) is 9.90 Å². The van der Waals surface area contributed by atoms with Gasteiger partial charge in [0.15, 0.2) is 6.29 Å². The Morgan fingerprint density at radius 1 is 1.15 bits per heavy atom. The number of para-hydroxylation sites is 1. The molecule has 0 spiro atoms. The monoisotopic (exact) mass is 374 g/mol. The van der Waals surface area contributed by atoms with Crippen molar-refractivity contribution in [2.75, 3.05) is 6.61 Å². The van der Waals surface area contributed by atoms with Gasteiger partial charge in [0, 0.05) is 23.8 Å². The molecule has 1 aromatic carbocycles. The summed E-state index contributed by atoms with van der Waals surface area (Å²) in [6.45, 7) is 0.587. The molecule has 1 saturated heterocycles. The number of carboxylic acids is 1. The maximum Gasteiger partial charge on any atom is 0.303 e. The molecular formula is C22H30O5. The van der Waals surface area contributed by atoms with Gasteiger partial charge in [-0.15, -0.1) is 0 Å². The molecule has 0 aromatic heterocycles. The van der Waals surface area contributed by atoms with E-state index in [1.54, 1.807) is 6.07 Å². The smallest absolute Gasteiger partial charge is 0.303 e. The minimum Gasteiger partial charge on any atom is -0.508 e. The standard InChI is InChI=1S/C22H30O5/c23-19-13-8-7-12-18(19)21-17(11-5-2-6-14-20(24)25)15-26-22(27-21)16-9-3-1-4-10-16/h2,5,7-8,12-13,16-17,21-23H,1,3-4,6,9-11,14-15H2,(H,24,25)/b5-2-. The molecule has 3 atom stereocenters. The lowest BCUT2D eigenvalue weighted by Gasteiger charge is -2.41. The molecule has 2 N–H and O–H groups in total. The van der Waals surface area contributed by atoms with Crippen LogP contribution in [0.5, 0.6) is 5.75 Å². The molecule has 5 heteroatoms. The van der Waals surface area contributed by atoms with Crippen LogP contribution in [0, 0.1) is 11.8 Å². The third kappa shape index (κ3) is 5.56. The number of benzene rings is 1. The van der Waals surface area contributed by atoms with Crippen molar-refractivity contribution in [2.24, 2.45) is 11.8 Å². The van der Waals surface area contributed by atoms with Crippen LogP contribution >= 0.6 is 0 Å². The first-order valence-corrected chi connectivity index (χ1v) is 10.1. The Morgan fingerprint density at radius 3 is 2.67 bits per heavy atom. The molecule has 3 unspecified atom stereocenters. The van der Waals surface area contributed by atoms with Crippen molar-refractivity contribution in [3.05, 3.63) is 42.0 Å². The highest BCUT2D eigenvalue weighted by Gasteiger charge is 2.37. The van der Waals surface area contributed by atoms with Gasteiger partial charge >= 0.3 is 5.97 Å². The second-order valence-electron chi connectivity index (χ2n) is 7.61. The van der Waals surface area contributed by atoms with Gasteiger partial charge in [0.2, 0.25) is 0 Å². The first-order valence-electron chi connectivity index (χ1n) is 10.1. The molecule has 2 fully saturated rings. The third-order valence-electron chi connectivity index (χ3n) is 5.59. The Balaban J connectivity index is 1.68. The van der Waals surface area contributed by atoms with Crippen LogP contribution < -0.4 is 0 Å². The summed E-state index contributed by atoms with van der Waals surface area (Å²) in [5.74, 6) is -0.00331. The van der Waals surface area contributed by atoms with E-state index in [4.69, 9.17) is 14.6 Å². The lowest BCUT2D eigenvalue weighted by molar-refractivity contribution is -0.263. The number of phenols is 1. The van der Waals surface area contributed by atoms with E-state index in [1.807, 2.05) is 30.4 Å². The fourth-order valence-electron chi connectivity index (χ4n) is 4.10. The molecule has 5 nitrogen and oxygen atoms in total. The highest BCUT2D eigenvalue weighted by atomic mass is 16.7. The van der Waals surface area contributed by atoms with Crippen molar-refractivity contribution in [3.8, 4) is 5.75 Å². The van der Waals surface area contributed by atoms with E-state index in [0.717, 1.165) is 24.8 Å². The molecule has 1 aliphatic heterocycles. The highest BCUT2D eigenvalue weighted by Crippen LogP contribution is 2.42. The summed E-state index contributed by atoms with van der Waals surface area (Å²) in [4.78, 5) is 10.6. The number of hydrogen-bond acceptors (Lipinski definition) is 4. The number of aliphatic carboxylic acids is 1. The number of carbonyl (C=O) groups is 1. The predicted molar refractivity (Wildman–Crippen MR) is 102 cm³/mol. The van der Waals surface area contributed by atoms with Crippen LogP contribution in [0.25, 0.3) is 0 Å². The lowest BCUT2D eigenvalue weighted by atomic mass is 9.86. The van der Waals surface area contributed by atoms with E-state index < -0.39 is 5.97 Å². The van der Waals surface area contributed by atoms with Gasteiger partial charge in [-0.1, -0.05) is 49.6 Å². The van der Waals surface area contributed by atoms with Crippen molar-refractivity contribution >= 4 is 5.97 Å². The highest BCUT2D eigenvalue weighted by molar-refractivity contribution is 5.66. The van der Waals surface area contributed by atoms with Crippen LogP contribution in [0.1, 0.15) is 63.0 Å². The van der Waals surface area contributed by atoms with Gasteiger partial charge in [0.25, 0.3) is 0 Å². The summed E-state index contributed by atoms with van der Waals surface area (Å²) < 4.78 is 12.5. The van der Waals surface area contributed by atoms with E-state index >= 15 is 0 Å². The average Bonchev–Trinajstić information content (AvgIpc) is 2.69. The maximum absolute atomic E-state index is 10.6. The van der Waals surface area contributed by atoms with Gasteiger partial charge in [0.1, 0.15) is 5.75 Å². The second kappa shape index (κ2) is 9.90. The van der Waals surface area contributed by atoms with E-state index in [-0.39, 0.29) is 30.5 Å². The fraction of sp³-hybridized carbons (Fsp3) is 0.591. The van der Waals surface area contributed by atoms with Crippen LogP contribution in [0.2, 0.25) is 0 Å². The quantitative estimate of drug-likeness (QED) is 0.670. The van der Waals surface area contributed by atoms with Crippen LogP contribution in [-0.4, -0.2) is 29.1 Å². The molecule has 1 saturated carbocycles. The van der Waals surface area contributed by atoms with Gasteiger partial charge < -0.3 is 19.7 Å². The predicted octanol–water partition coefficient (Wildman–Crippen LogP) is 4.81.